The van der Waals surface area contributed by atoms with Crippen molar-refractivity contribution in [1.29, 1.82) is 0 Å². The van der Waals surface area contributed by atoms with Crippen LogP contribution in [0.4, 0.5) is 28.4 Å². The fourth-order valence-corrected chi connectivity index (χ4v) is 12.8. The SMILES string of the molecule is COc1cc(NC(=O)C(C)SC2=Nc3cnc(Cl)cc3C2)ccc1C.COc1cc(NC(=O)CSc2nc3cc(Cl)ncc3[nH]2)ccc1C.Cc1ccc(NC(=O)CSc2nc3cc(Cl)ncc3[nH]2)cc1O.O=C(CSc1nc2cc(Cl)ncc2[nH]1)Nc1ccc2c(c1)OCC2. The number of phenols is 1. The number of aromatic nitrogens is 10. The Labute approximate surface area is 586 Å². The molecule has 0 fully saturated rings. The quantitative estimate of drug-likeness (QED) is 0.0310. The Morgan fingerprint density at radius 2 is 0.979 bits per heavy atom. The molecule has 1 unspecified atom stereocenters. The molecule has 23 nitrogen and oxygen atoms in total. The molecule has 11 aromatic rings. The van der Waals surface area contributed by atoms with E-state index < -0.39 is 0 Å². The molecule has 7 aromatic heterocycles. The second kappa shape index (κ2) is 32.8. The average Bonchev–Trinajstić information content (AvgIpc) is 1.74. The molecule has 494 valence electrons. The van der Waals surface area contributed by atoms with Crippen LogP contribution in [0.3, 0.4) is 0 Å². The highest BCUT2D eigenvalue weighted by atomic mass is 35.5. The van der Waals surface area contributed by atoms with Crippen molar-refractivity contribution < 1.29 is 38.5 Å². The minimum absolute atomic E-state index is 0.0780. The van der Waals surface area contributed by atoms with Crippen LogP contribution in [0.2, 0.25) is 20.6 Å². The van der Waals surface area contributed by atoms with Gasteiger partial charge in [-0.1, -0.05) is 118 Å². The fourth-order valence-electron chi connectivity index (χ4n) is 9.12. The van der Waals surface area contributed by atoms with E-state index >= 15 is 0 Å². The van der Waals surface area contributed by atoms with Crippen LogP contribution in [0.15, 0.2) is 142 Å². The molecule has 2 aliphatic rings. The maximum atomic E-state index is 12.5. The number of aromatic hydroxyl groups is 1. The van der Waals surface area contributed by atoms with Crippen molar-refractivity contribution in [2.75, 3.05) is 59.4 Å². The number of carbonyl (C=O) groups excluding carboxylic acids is 4. The Morgan fingerprint density at radius 3 is 1.46 bits per heavy atom. The van der Waals surface area contributed by atoms with Crippen LogP contribution in [0.5, 0.6) is 23.0 Å². The molecule has 4 amide bonds. The van der Waals surface area contributed by atoms with Crippen LogP contribution in [0, 0.1) is 20.8 Å². The number of thioether (sulfide) groups is 4. The number of imidazole rings is 3. The third-order valence-corrected chi connectivity index (χ3v) is 18.5. The van der Waals surface area contributed by atoms with Crippen molar-refractivity contribution in [3.8, 4) is 23.0 Å². The van der Waals surface area contributed by atoms with Crippen LogP contribution in [-0.2, 0) is 32.0 Å². The molecule has 31 heteroatoms. The topological polar surface area (TPSA) is 314 Å². The van der Waals surface area contributed by atoms with Crippen LogP contribution in [-0.4, -0.2) is 127 Å². The number of aryl methyl sites for hydroxylation is 3. The minimum Gasteiger partial charge on any atom is -0.508 e. The number of benzene rings is 4. The van der Waals surface area contributed by atoms with Crippen LogP contribution in [0.25, 0.3) is 33.1 Å². The van der Waals surface area contributed by atoms with E-state index in [1.165, 1.54) is 58.7 Å². The third-order valence-electron chi connectivity index (χ3n) is 14.0. The number of hydrogen-bond acceptors (Lipinski definition) is 20. The van der Waals surface area contributed by atoms with Gasteiger partial charge in [0.05, 0.1) is 112 Å². The number of H-pyrrole nitrogens is 3. The Kier molecular flexibility index (Phi) is 23.9. The molecule has 0 bridgehead atoms. The summed E-state index contributed by atoms with van der Waals surface area (Å²) < 4.78 is 16.0. The predicted molar refractivity (Wildman–Crippen MR) is 384 cm³/mol. The van der Waals surface area contributed by atoms with Gasteiger partial charge in [0.1, 0.15) is 43.6 Å². The summed E-state index contributed by atoms with van der Waals surface area (Å²) in [6.07, 6.45) is 8.10. The minimum atomic E-state index is -0.274. The lowest BCUT2D eigenvalue weighted by molar-refractivity contribution is -0.116. The first-order chi connectivity index (χ1) is 46.2. The Morgan fingerprint density at radius 1 is 0.552 bits per heavy atom. The number of phenolic OH excluding ortho intramolecular Hbond substituents is 1. The summed E-state index contributed by atoms with van der Waals surface area (Å²) in [5.74, 6) is 2.67. The predicted octanol–water partition coefficient (Wildman–Crippen LogP) is 14.7. The molecular weight excluding hydrogens is 1390 g/mol. The Balaban J connectivity index is 0.000000139. The maximum absolute atomic E-state index is 12.5. The smallest absolute Gasteiger partial charge is 0.237 e. The summed E-state index contributed by atoms with van der Waals surface area (Å²) in [4.78, 5) is 91.5. The number of fused-ring (bicyclic) bond motifs is 5. The first-order valence-corrected chi connectivity index (χ1v) is 34.4. The van der Waals surface area contributed by atoms with Gasteiger partial charge in [0.25, 0.3) is 0 Å². The van der Waals surface area contributed by atoms with Gasteiger partial charge in [-0.25, -0.2) is 39.9 Å². The number of nitrogens with zero attached hydrogens (tertiary/aromatic N) is 8. The van der Waals surface area contributed by atoms with Gasteiger partial charge in [0.2, 0.25) is 23.6 Å². The molecule has 0 aliphatic carbocycles. The molecule has 96 heavy (non-hydrogen) atoms. The molecule has 4 aromatic carbocycles. The molecule has 9 heterocycles. The van der Waals surface area contributed by atoms with Crippen molar-refractivity contribution >= 4 is 184 Å². The number of anilines is 4. The molecule has 0 saturated heterocycles. The number of halogens is 4. The van der Waals surface area contributed by atoms with Gasteiger partial charge in [0, 0.05) is 78.1 Å². The van der Waals surface area contributed by atoms with Crippen LogP contribution >= 0.6 is 93.5 Å². The molecule has 0 radical (unpaired) electrons. The van der Waals surface area contributed by atoms with Crippen LogP contribution < -0.4 is 35.5 Å². The molecule has 1 atom stereocenters. The molecular formula is C65H59Cl4N15O8S4. The number of aromatic amines is 3. The van der Waals surface area contributed by atoms with E-state index in [1.54, 1.807) is 82.3 Å². The van der Waals surface area contributed by atoms with E-state index in [9.17, 15) is 24.3 Å². The molecule has 13 rings (SSSR count). The highest BCUT2D eigenvalue weighted by Crippen LogP contribution is 2.34. The van der Waals surface area contributed by atoms with Crippen molar-refractivity contribution in [2.24, 2.45) is 4.99 Å². The van der Waals surface area contributed by atoms with E-state index in [0.717, 1.165) is 89.9 Å². The first kappa shape index (κ1) is 70.0. The van der Waals surface area contributed by atoms with Crippen molar-refractivity contribution in [3.63, 3.8) is 0 Å². The zero-order chi connectivity index (χ0) is 68.0. The van der Waals surface area contributed by atoms with Crippen molar-refractivity contribution in [1.82, 2.24) is 49.8 Å². The first-order valence-electron chi connectivity index (χ1n) is 29.1. The van der Waals surface area contributed by atoms with Crippen molar-refractivity contribution in [2.45, 2.75) is 61.3 Å². The summed E-state index contributed by atoms with van der Waals surface area (Å²) in [5.41, 5.74) is 13.0. The summed E-state index contributed by atoms with van der Waals surface area (Å²) in [6.45, 7) is 8.26. The molecule has 0 spiro atoms. The normalized spacial score (nSPS) is 12.1. The van der Waals surface area contributed by atoms with Gasteiger partial charge in [0.15, 0.2) is 15.5 Å². The number of ether oxygens (including phenoxy) is 3. The number of carbonyl (C=O) groups is 4. The van der Waals surface area contributed by atoms with Gasteiger partial charge >= 0.3 is 0 Å². The lowest BCUT2D eigenvalue weighted by atomic mass is 10.1. The number of methoxy groups -OCH3 is 2. The molecule has 8 N–H and O–H groups in total. The van der Waals surface area contributed by atoms with Gasteiger partial charge in [-0.05, 0) is 85.8 Å². The zero-order valence-corrected chi connectivity index (χ0v) is 58.2. The number of hydrogen-bond donors (Lipinski definition) is 8. The third kappa shape index (κ3) is 19.5. The van der Waals surface area contributed by atoms with E-state index in [4.69, 9.17) is 60.6 Å². The second-order valence-corrected chi connectivity index (χ2v) is 26.9. The van der Waals surface area contributed by atoms with Gasteiger partial charge in [-0.3, -0.25) is 19.2 Å². The van der Waals surface area contributed by atoms with Gasteiger partial charge < -0.3 is 55.5 Å². The van der Waals surface area contributed by atoms with E-state index in [2.05, 4.69) is 76.1 Å². The molecule has 0 saturated carbocycles. The molecule has 2 aliphatic heterocycles. The van der Waals surface area contributed by atoms with E-state index in [-0.39, 0.29) is 51.9 Å². The summed E-state index contributed by atoms with van der Waals surface area (Å²) in [7, 11) is 3.22. The maximum Gasteiger partial charge on any atom is 0.237 e. The standard InChI is InChI=1S/C18H18ClN3O2S.C16H13ClN4O2S.C16H15ClN4O2S.C15H13ClN4O2S/c1-10-4-5-13(8-15(10)24-3)21-18(23)11(2)25-17-7-12-6-16(19)20-9-14(12)22-17;17-14-6-11-12(7-18-14)21-16(20-11)24-8-15(22)19-10-2-1-9-3-4-23-13(9)5-10;1-9-3-4-10(5-13(9)23-2)19-15(22)8-24-16-20-11-6-14(17)18-7-12(11)21-16;1-8-2-3-9(4-12(8)21)18-14(22)7-23-15-19-10-5-13(16)17-6-11(10)20-15/h4-6,8-9,11H,7H2,1-3H3,(H,21,23);1-2,5-7H,3-4,8H2,(H,19,22)(H,20,21);3-7H,8H2,1-2H3,(H,19,22)(H,20,21);2-6,21H,7H2,1H3,(H,18,22)(H,19,20). The summed E-state index contributed by atoms with van der Waals surface area (Å²) >= 11 is 28.8. The van der Waals surface area contributed by atoms with E-state index in [1.807, 2.05) is 75.4 Å². The number of rotatable bonds is 17. The number of pyridine rings is 4. The number of aliphatic imine (C=N–C) groups is 1. The van der Waals surface area contributed by atoms with Gasteiger partial charge in [-0.15, -0.1) is 0 Å². The number of amides is 4. The lowest BCUT2D eigenvalue weighted by Gasteiger charge is -2.13. The average molecular weight is 1450 g/mol. The number of nitrogens with one attached hydrogen (secondary N) is 7. The highest BCUT2D eigenvalue weighted by molar-refractivity contribution is 8.15. The summed E-state index contributed by atoms with van der Waals surface area (Å²) in [6, 6.07) is 28.7. The Hall–Kier alpha value is -8.80. The zero-order valence-electron chi connectivity index (χ0n) is 51.9. The summed E-state index contributed by atoms with van der Waals surface area (Å²) in [5, 5.41) is 25.1. The van der Waals surface area contributed by atoms with E-state index in [0.29, 0.717) is 71.7 Å². The van der Waals surface area contributed by atoms with Crippen molar-refractivity contribution in [3.05, 3.63) is 170 Å². The fraction of sp³-hybridized carbons (Fsp3) is 0.200. The highest BCUT2D eigenvalue weighted by Gasteiger charge is 2.23. The monoisotopic (exact) mass is 1450 g/mol. The van der Waals surface area contributed by atoms with Crippen LogP contribution in [0.1, 0.15) is 34.7 Å². The Bertz CT molecular complexity index is 4630. The second-order valence-electron chi connectivity index (χ2n) is 21.1. The lowest BCUT2D eigenvalue weighted by Crippen LogP contribution is -2.23. The largest absolute Gasteiger partial charge is 0.508 e. The van der Waals surface area contributed by atoms with Gasteiger partial charge in [-0.2, -0.15) is 0 Å².